The number of ether oxygens (including phenoxy) is 1. The Morgan fingerprint density at radius 2 is 2.04 bits per heavy atom. The molecule has 0 unspecified atom stereocenters. The zero-order chi connectivity index (χ0) is 19.3. The van der Waals surface area contributed by atoms with Crippen LogP contribution >= 0.6 is 11.6 Å². The summed E-state index contributed by atoms with van der Waals surface area (Å²) in [5.74, 6) is -0.811. The van der Waals surface area contributed by atoms with Crippen LogP contribution in [-0.4, -0.2) is 41.9 Å². The van der Waals surface area contributed by atoms with Gasteiger partial charge in [0, 0.05) is 30.5 Å². The first-order valence-corrected chi connectivity index (χ1v) is 9.11. The van der Waals surface area contributed by atoms with E-state index in [1.54, 1.807) is 11.0 Å². The van der Waals surface area contributed by atoms with Crippen molar-refractivity contribution in [3.05, 3.63) is 34.9 Å². The van der Waals surface area contributed by atoms with Crippen LogP contribution in [0.25, 0.3) is 0 Å². The van der Waals surface area contributed by atoms with Crippen molar-refractivity contribution in [2.75, 3.05) is 7.11 Å². The van der Waals surface area contributed by atoms with Gasteiger partial charge in [-0.3, -0.25) is 9.59 Å². The number of amides is 2. The molecule has 0 spiro atoms. The van der Waals surface area contributed by atoms with Crippen LogP contribution in [0.5, 0.6) is 0 Å². The Labute approximate surface area is 158 Å². The number of carbonyl (C=O) groups excluding carboxylic acids is 3. The molecular weight excluding hydrogens is 356 g/mol. The fraction of sp³-hybridized carbons (Fsp3) is 0.526. The van der Waals surface area contributed by atoms with E-state index in [0.717, 1.165) is 5.56 Å². The van der Waals surface area contributed by atoms with E-state index in [2.05, 4.69) is 5.32 Å². The lowest BCUT2D eigenvalue weighted by Gasteiger charge is -2.26. The molecule has 0 aliphatic carbocycles. The Bertz CT molecular complexity index is 677. The van der Waals surface area contributed by atoms with Crippen LogP contribution in [0.2, 0.25) is 5.02 Å². The molecule has 26 heavy (non-hydrogen) atoms. The standard InChI is InChI=1S/C19H25ClN2O4/c1-12(2)18(19(25)26-3)21-16(23)10-14-8-9-17(24)22(14)11-13-6-4-5-7-15(13)20/h4-7,12,14,18H,8-11H2,1-3H3,(H,21,23)/t14-,18-/m0/s1. The van der Waals surface area contributed by atoms with E-state index in [-0.39, 0.29) is 30.2 Å². The minimum Gasteiger partial charge on any atom is -0.467 e. The van der Waals surface area contributed by atoms with Crippen LogP contribution in [0.3, 0.4) is 0 Å². The van der Waals surface area contributed by atoms with Gasteiger partial charge in [-0.05, 0) is 24.0 Å². The lowest BCUT2D eigenvalue weighted by atomic mass is 10.0. The summed E-state index contributed by atoms with van der Waals surface area (Å²) >= 11 is 6.19. The average molecular weight is 381 g/mol. The van der Waals surface area contributed by atoms with Crippen molar-refractivity contribution in [3.8, 4) is 0 Å². The molecular formula is C19H25ClN2O4. The average Bonchev–Trinajstić information content (AvgIpc) is 2.94. The molecule has 1 heterocycles. The molecule has 142 valence electrons. The zero-order valence-electron chi connectivity index (χ0n) is 15.3. The van der Waals surface area contributed by atoms with Gasteiger partial charge in [0.15, 0.2) is 0 Å². The summed E-state index contributed by atoms with van der Waals surface area (Å²) in [6.45, 7) is 4.05. The fourth-order valence-corrected chi connectivity index (χ4v) is 3.30. The molecule has 1 aromatic carbocycles. The lowest BCUT2D eigenvalue weighted by molar-refractivity contribution is -0.146. The highest BCUT2D eigenvalue weighted by atomic mass is 35.5. The van der Waals surface area contributed by atoms with Gasteiger partial charge in [-0.15, -0.1) is 0 Å². The first-order chi connectivity index (χ1) is 12.3. The number of likely N-dealkylation sites (tertiary alicyclic amines) is 1. The third kappa shape index (κ3) is 4.97. The predicted molar refractivity (Wildman–Crippen MR) is 98.4 cm³/mol. The summed E-state index contributed by atoms with van der Waals surface area (Å²) in [7, 11) is 1.30. The number of benzene rings is 1. The van der Waals surface area contributed by atoms with Gasteiger partial charge in [0.2, 0.25) is 11.8 Å². The Kier molecular flexibility index (Phi) is 7.03. The van der Waals surface area contributed by atoms with Crippen molar-refractivity contribution in [1.82, 2.24) is 10.2 Å². The third-order valence-corrected chi connectivity index (χ3v) is 4.98. The third-order valence-electron chi connectivity index (χ3n) is 4.61. The molecule has 1 fully saturated rings. The summed E-state index contributed by atoms with van der Waals surface area (Å²) in [5, 5.41) is 3.33. The van der Waals surface area contributed by atoms with Crippen LogP contribution in [0, 0.1) is 5.92 Å². The molecule has 0 aromatic heterocycles. The predicted octanol–water partition coefficient (Wildman–Crippen LogP) is 2.53. The Morgan fingerprint density at radius 3 is 2.65 bits per heavy atom. The maximum Gasteiger partial charge on any atom is 0.328 e. The molecule has 2 rings (SSSR count). The number of halogens is 1. The van der Waals surface area contributed by atoms with Crippen LogP contribution in [0.4, 0.5) is 0 Å². The van der Waals surface area contributed by atoms with E-state index in [1.807, 2.05) is 32.0 Å². The zero-order valence-corrected chi connectivity index (χ0v) is 16.1. The van der Waals surface area contributed by atoms with Gasteiger partial charge in [0.25, 0.3) is 0 Å². The Hall–Kier alpha value is -2.08. The number of hydrogen-bond acceptors (Lipinski definition) is 4. The van der Waals surface area contributed by atoms with Crippen LogP contribution < -0.4 is 5.32 Å². The van der Waals surface area contributed by atoms with E-state index < -0.39 is 12.0 Å². The van der Waals surface area contributed by atoms with Crippen molar-refractivity contribution >= 4 is 29.4 Å². The summed E-state index contributed by atoms with van der Waals surface area (Å²) in [6, 6.07) is 6.46. The second kappa shape index (κ2) is 9.03. The van der Waals surface area contributed by atoms with E-state index >= 15 is 0 Å². The number of nitrogens with one attached hydrogen (secondary N) is 1. The molecule has 7 heteroatoms. The summed E-state index contributed by atoms with van der Waals surface area (Å²) in [4.78, 5) is 38.2. The van der Waals surface area contributed by atoms with Crippen molar-refractivity contribution in [3.63, 3.8) is 0 Å². The molecule has 1 aromatic rings. The number of nitrogens with zero attached hydrogens (tertiary/aromatic N) is 1. The minimum absolute atomic E-state index is 0.0103. The molecule has 0 saturated carbocycles. The highest BCUT2D eigenvalue weighted by molar-refractivity contribution is 6.31. The van der Waals surface area contributed by atoms with Gasteiger partial charge < -0.3 is 15.0 Å². The highest BCUT2D eigenvalue weighted by Gasteiger charge is 2.34. The van der Waals surface area contributed by atoms with Crippen molar-refractivity contribution in [1.29, 1.82) is 0 Å². The smallest absolute Gasteiger partial charge is 0.328 e. The van der Waals surface area contributed by atoms with Crippen LogP contribution in [0.15, 0.2) is 24.3 Å². The lowest BCUT2D eigenvalue weighted by Crippen LogP contribution is -2.46. The van der Waals surface area contributed by atoms with E-state index in [4.69, 9.17) is 16.3 Å². The quantitative estimate of drug-likeness (QED) is 0.737. The van der Waals surface area contributed by atoms with Gasteiger partial charge >= 0.3 is 5.97 Å². The topological polar surface area (TPSA) is 75.7 Å². The number of methoxy groups -OCH3 is 1. The summed E-state index contributed by atoms with van der Waals surface area (Å²) in [6.07, 6.45) is 1.17. The Morgan fingerprint density at radius 1 is 1.35 bits per heavy atom. The van der Waals surface area contributed by atoms with E-state index in [9.17, 15) is 14.4 Å². The molecule has 0 bridgehead atoms. The number of hydrogen-bond donors (Lipinski definition) is 1. The molecule has 0 radical (unpaired) electrons. The second-order valence-corrected chi connectivity index (χ2v) is 7.23. The SMILES string of the molecule is COC(=O)[C@@H](NC(=O)C[C@@H]1CCC(=O)N1Cc1ccccc1Cl)C(C)C. The first kappa shape index (κ1) is 20.2. The maximum atomic E-state index is 12.4. The molecule has 2 atom stereocenters. The molecule has 1 N–H and O–H groups in total. The number of rotatable bonds is 7. The van der Waals surface area contributed by atoms with Gasteiger partial charge in [-0.1, -0.05) is 43.6 Å². The second-order valence-electron chi connectivity index (χ2n) is 6.82. The van der Waals surface area contributed by atoms with Crippen molar-refractivity contribution in [2.24, 2.45) is 5.92 Å². The van der Waals surface area contributed by atoms with Gasteiger partial charge in [0.05, 0.1) is 7.11 Å². The molecule has 1 aliphatic heterocycles. The van der Waals surface area contributed by atoms with Gasteiger partial charge in [-0.2, -0.15) is 0 Å². The Balaban J connectivity index is 2.02. The maximum absolute atomic E-state index is 12.4. The fourth-order valence-electron chi connectivity index (χ4n) is 3.10. The normalized spacial score (nSPS) is 18.1. The molecule has 2 amide bonds. The van der Waals surface area contributed by atoms with Crippen molar-refractivity contribution < 1.29 is 19.1 Å². The van der Waals surface area contributed by atoms with E-state index in [0.29, 0.717) is 24.4 Å². The number of esters is 1. The monoisotopic (exact) mass is 380 g/mol. The highest BCUT2D eigenvalue weighted by Crippen LogP contribution is 2.26. The van der Waals surface area contributed by atoms with Gasteiger partial charge in [-0.25, -0.2) is 4.79 Å². The molecule has 1 aliphatic rings. The van der Waals surface area contributed by atoms with Gasteiger partial charge in [0.1, 0.15) is 6.04 Å². The summed E-state index contributed by atoms with van der Waals surface area (Å²) < 4.78 is 4.74. The number of carbonyl (C=O) groups is 3. The largest absolute Gasteiger partial charge is 0.467 e. The van der Waals surface area contributed by atoms with Crippen LogP contribution in [-0.2, 0) is 25.7 Å². The van der Waals surface area contributed by atoms with E-state index in [1.165, 1.54) is 7.11 Å². The molecule has 1 saturated heterocycles. The van der Waals surface area contributed by atoms with Crippen molar-refractivity contribution in [2.45, 2.75) is 51.7 Å². The minimum atomic E-state index is -0.693. The van der Waals surface area contributed by atoms with Crippen LogP contribution in [0.1, 0.15) is 38.7 Å². The molecule has 6 nitrogen and oxygen atoms in total. The summed E-state index contributed by atoms with van der Waals surface area (Å²) in [5.41, 5.74) is 0.851. The first-order valence-electron chi connectivity index (χ1n) is 8.73.